The molecule has 0 saturated heterocycles. The summed E-state index contributed by atoms with van der Waals surface area (Å²) in [6.45, 7) is 23.8. The molecule has 0 fully saturated rings. The quantitative estimate of drug-likeness (QED) is 0.0217. The summed E-state index contributed by atoms with van der Waals surface area (Å²) in [6.07, 6.45) is 49.4. The first-order valence-electron chi connectivity index (χ1n) is 40.4. The molecular formula is C83H128B2Br2N6O5S3+2. The van der Waals surface area contributed by atoms with Crippen LogP contribution < -0.4 is 16.6 Å². The molecule has 4 unspecified atom stereocenters. The van der Waals surface area contributed by atoms with Crippen molar-refractivity contribution in [1.29, 1.82) is 0 Å². The van der Waals surface area contributed by atoms with E-state index in [-0.39, 0.29) is 5.69 Å². The van der Waals surface area contributed by atoms with Crippen molar-refractivity contribution in [2.24, 2.45) is 17.8 Å². The third-order valence-corrected chi connectivity index (χ3v) is 26.8. The number of imidazole rings is 1. The molecule has 11 nitrogen and oxygen atoms in total. The van der Waals surface area contributed by atoms with E-state index in [1.54, 1.807) is 51.5 Å². The van der Waals surface area contributed by atoms with E-state index < -0.39 is 22.4 Å². The van der Waals surface area contributed by atoms with Crippen LogP contribution in [0.25, 0.3) is 64.3 Å². The standard InChI is InChI=1S/C83H128B2Br2N6O5S3/c1-12-16-20-24-27-30-31-34-37-42-48-61(47-40-35-32-28-25-21-17-13-2)58-92-69-55-67-68(89-74-64-54-72(87)100-78(64)77-63(73(74)88-67)53-71(86)99-77)56-70(69)93(79(92)94)59-62(49-41-36-33-29-26-22-18-14-3)50-44-38-43-46-60(45-39-23-19-15-4)57-83(11,96)82(9,10)98-85-66-52-51-65(75-76(66)91-101-90-75)84-97-81(7,8)80(5,6)95/h51-56,60-62,95-96H,12-50,57-59H2,1-11H3/q+2. The number of hydrogen-bond acceptors (Lipinski definition) is 12. The Balaban J connectivity index is 1.03. The zero-order valence-electron chi connectivity index (χ0n) is 64.3. The van der Waals surface area contributed by atoms with Crippen LogP contribution in [0.1, 0.15) is 333 Å². The molecule has 2 N–H and O–H groups in total. The average molecular weight is 1570 g/mol. The molecule has 0 aliphatic heterocycles. The number of halogens is 2. The molecule has 0 amide bonds. The first-order chi connectivity index (χ1) is 48.6. The molecule has 8 rings (SSSR count). The van der Waals surface area contributed by atoms with Gasteiger partial charge in [-0.3, -0.25) is 9.13 Å². The molecular weight excluding hydrogens is 1440 g/mol. The Bertz CT molecular complexity index is 3810. The number of aliphatic hydroxyl groups is 2. The van der Waals surface area contributed by atoms with Crippen molar-refractivity contribution in [1.82, 2.24) is 27.8 Å². The molecule has 4 atom stereocenters. The second-order valence-electron chi connectivity index (χ2n) is 32.2. The maximum absolute atomic E-state index is 15.9. The van der Waals surface area contributed by atoms with E-state index in [1.807, 2.05) is 46.8 Å². The fourth-order valence-electron chi connectivity index (χ4n) is 15.1. The van der Waals surface area contributed by atoms with Crippen molar-refractivity contribution in [3.05, 3.63) is 54.5 Å². The van der Waals surface area contributed by atoms with Crippen molar-refractivity contribution in [2.75, 3.05) is 0 Å². The van der Waals surface area contributed by atoms with Gasteiger partial charge >= 0.3 is 268 Å². The maximum Gasteiger partial charge on any atom is 0.0989 e. The van der Waals surface area contributed by atoms with E-state index in [0.717, 1.165) is 145 Å². The topological polar surface area (TPSA) is 137 Å². The molecule has 101 heavy (non-hydrogen) atoms. The van der Waals surface area contributed by atoms with Gasteiger partial charge in [-0.2, -0.15) is 0 Å². The van der Waals surface area contributed by atoms with Crippen LogP contribution in [-0.4, -0.2) is 75.4 Å². The number of unbranched alkanes of at least 4 members (excludes halogenated alkanes) is 28. The van der Waals surface area contributed by atoms with E-state index in [0.29, 0.717) is 41.8 Å². The van der Waals surface area contributed by atoms with Gasteiger partial charge in [-0.1, -0.05) is 188 Å². The zero-order chi connectivity index (χ0) is 72.4. The van der Waals surface area contributed by atoms with E-state index in [1.165, 1.54) is 196 Å². The summed E-state index contributed by atoms with van der Waals surface area (Å²) in [7, 11) is 3.40. The van der Waals surface area contributed by atoms with Crippen LogP contribution in [0.15, 0.2) is 48.8 Å². The molecule has 5 aromatic heterocycles. The molecule has 3 aromatic carbocycles. The van der Waals surface area contributed by atoms with E-state index in [4.69, 9.17) is 19.3 Å². The molecule has 0 aliphatic carbocycles. The second-order valence-corrected chi connectivity index (χ2v) is 37.5. The SMILES string of the molecule is CCCCCCCCCCCCC(CCCCCCCCCC)Cn1c(=O)n(CC(CCCCCCCCCC)CCCCCC(CCCCCC)CC(C)(O)C(C)(C)O[B+]c2ccc([B+]OC(C)(C)C(C)(C)O)c3nsnc23)c2cc3nc4c5cc(Br)sc5c5sc(Br)cc5c4nc3cc21. The predicted molar refractivity (Wildman–Crippen MR) is 446 cm³/mol. The van der Waals surface area contributed by atoms with Gasteiger partial charge in [0.05, 0.1) is 50.1 Å². The Kier molecular flexibility index (Phi) is 34.9. The fourth-order valence-corrected chi connectivity index (χ4v) is 19.0. The Morgan fingerprint density at radius 2 is 0.762 bits per heavy atom. The van der Waals surface area contributed by atoms with Gasteiger partial charge in [0.15, 0.2) is 0 Å². The van der Waals surface area contributed by atoms with Gasteiger partial charge in [0.25, 0.3) is 0 Å². The zero-order valence-corrected chi connectivity index (χ0v) is 70.0. The van der Waals surface area contributed by atoms with Crippen molar-refractivity contribution in [3.8, 4) is 0 Å². The molecule has 0 spiro atoms. The third kappa shape index (κ3) is 24.6. The van der Waals surface area contributed by atoms with Crippen molar-refractivity contribution in [2.45, 2.75) is 368 Å². The summed E-state index contributed by atoms with van der Waals surface area (Å²) in [6, 6.07) is 12.8. The fraction of sp³-hybridized carbons (Fsp3) is 0.723. The van der Waals surface area contributed by atoms with Gasteiger partial charge in [0.1, 0.15) is 0 Å². The van der Waals surface area contributed by atoms with E-state index in [2.05, 4.69) is 102 Å². The second kappa shape index (κ2) is 42.1. The molecule has 0 bridgehead atoms. The average Bonchev–Trinajstić information content (AvgIpc) is 1.62. The van der Waals surface area contributed by atoms with Crippen molar-refractivity contribution in [3.63, 3.8) is 0 Å². The number of hydrogen-bond donors (Lipinski definition) is 2. The Labute approximate surface area is 639 Å². The summed E-state index contributed by atoms with van der Waals surface area (Å²) < 4.78 is 31.1. The van der Waals surface area contributed by atoms with Gasteiger partial charge in [0.2, 0.25) is 0 Å². The van der Waals surface area contributed by atoms with Crippen LogP contribution in [-0.2, 0) is 22.4 Å². The summed E-state index contributed by atoms with van der Waals surface area (Å²) in [5, 5.41) is 25.6. The summed E-state index contributed by atoms with van der Waals surface area (Å²) in [5.41, 5.74) is 4.74. The van der Waals surface area contributed by atoms with Crippen LogP contribution >= 0.6 is 66.3 Å². The molecule has 556 valence electrons. The number of benzene rings is 3. The molecule has 8 aromatic rings. The molecule has 0 aliphatic rings. The first kappa shape index (κ1) is 83.8. The van der Waals surface area contributed by atoms with Gasteiger partial charge in [-0.05, 0) is 74.9 Å². The summed E-state index contributed by atoms with van der Waals surface area (Å²) in [4.78, 5) is 27.0. The predicted octanol–water partition coefficient (Wildman–Crippen LogP) is 24.7. The maximum atomic E-state index is 15.9. The Morgan fingerprint density at radius 3 is 1.12 bits per heavy atom. The molecule has 0 saturated carbocycles. The van der Waals surface area contributed by atoms with Crippen molar-refractivity contribution < 1.29 is 19.5 Å². The summed E-state index contributed by atoms with van der Waals surface area (Å²) in [5.74, 6) is 1.13. The number of thiophene rings is 2. The number of rotatable bonds is 54. The van der Waals surface area contributed by atoms with Crippen LogP contribution in [0.5, 0.6) is 0 Å². The smallest absolute Gasteiger partial charge is 0.0989 e. The third-order valence-electron chi connectivity index (χ3n) is 22.8. The largest absolute Gasteiger partial charge is 0.244 e. The minimum Gasteiger partial charge on any atom is -0.244 e. The molecule has 5 heterocycles. The van der Waals surface area contributed by atoms with Crippen LogP contribution in [0, 0.1) is 17.8 Å². The molecule has 18 heteroatoms. The van der Waals surface area contributed by atoms with Gasteiger partial charge < -0.3 is 0 Å². The Hall–Kier alpha value is -2.80. The van der Waals surface area contributed by atoms with Crippen LogP contribution in [0.4, 0.5) is 0 Å². The molecule has 0 radical (unpaired) electrons. The van der Waals surface area contributed by atoms with Gasteiger partial charge in [0, 0.05) is 17.3 Å². The van der Waals surface area contributed by atoms with Crippen molar-refractivity contribution >= 4 is 156 Å². The number of aromatic nitrogens is 6. The van der Waals surface area contributed by atoms with Crippen LogP contribution in [0.2, 0.25) is 0 Å². The Morgan fingerprint density at radius 1 is 0.446 bits per heavy atom. The normalized spacial score (nSPS) is 14.2. The van der Waals surface area contributed by atoms with E-state index in [9.17, 15) is 10.2 Å². The number of nitrogens with zero attached hydrogens (tertiary/aromatic N) is 6. The monoisotopic (exact) mass is 1560 g/mol. The van der Waals surface area contributed by atoms with Gasteiger partial charge in [-0.15, -0.1) is 22.7 Å². The summed E-state index contributed by atoms with van der Waals surface area (Å²) >= 11 is 12.4. The minimum atomic E-state index is -1.12. The van der Waals surface area contributed by atoms with E-state index >= 15 is 4.79 Å². The number of fused-ring (bicyclic) bond motifs is 9. The van der Waals surface area contributed by atoms with Gasteiger partial charge in [-0.25, -0.2) is 14.8 Å². The van der Waals surface area contributed by atoms with Crippen LogP contribution in [0.3, 0.4) is 0 Å². The first-order valence-corrected chi connectivity index (χ1v) is 44.3. The minimum absolute atomic E-state index is 0.138.